The molecular formula is C19H15N5O4S3. The van der Waals surface area contributed by atoms with Crippen LogP contribution in [0.2, 0.25) is 0 Å². The van der Waals surface area contributed by atoms with Crippen molar-refractivity contribution in [3.63, 3.8) is 0 Å². The molecule has 0 aliphatic rings. The minimum Gasteiger partial charge on any atom is -0.301 e. The molecule has 12 heteroatoms. The van der Waals surface area contributed by atoms with Gasteiger partial charge in [-0.15, -0.1) is 11.3 Å². The van der Waals surface area contributed by atoms with Crippen LogP contribution in [0.3, 0.4) is 0 Å². The molecule has 158 valence electrons. The Balaban J connectivity index is 1.73. The first-order valence-electron chi connectivity index (χ1n) is 8.80. The molecule has 4 rings (SSSR count). The Morgan fingerprint density at radius 3 is 2.58 bits per heavy atom. The highest BCUT2D eigenvalue weighted by atomic mass is 32.2. The van der Waals surface area contributed by atoms with Crippen LogP contribution in [0.25, 0.3) is 16.6 Å². The molecule has 0 atom stereocenters. The summed E-state index contributed by atoms with van der Waals surface area (Å²) in [4.78, 5) is 33.9. The van der Waals surface area contributed by atoms with Crippen LogP contribution < -0.4 is 16.0 Å². The van der Waals surface area contributed by atoms with E-state index in [1.165, 1.54) is 40.2 Å². The van der Waals surface area contributed by atoms with E-state index >= 15 is 0 Å². The van der Waals surface area contributed by atoms with Gasteiger partial charge in [0.25, 0.3) is 5.56 Å². The lowest BCUT2D eigenvalue weighted by Crippen LogP contribution is -2.23. The molecule has 9 nitrogen and oxygen atoms in total. The first kappa shape index (κ1) is 21.2. The Kier molecular flexibility index (Phi) is 5.87. The van der Waals surface area contributed by atoms with E-state index in [1.807, 2.05) is 0 Å². The number of para-hydroxylation sites is 1. The number of amides is 1. The number of hydrogen-bond donors (Lipinski definition) is 2. The zero-order valence-corrected chi connectivity index (χ0v) is 18.2. The number of hydrogen-bond acceptors (Lipinski definition) is 8. The van der Waals surface area contributed by atoms with Gasteiger partial charge < -0.3 is 5.32 Å². The lowest BCUT2D eigenvalue weighted by atomic mass is 10.2. The van der Waals surface area contributed by atoms with E-state index in [0.29, 0.717) is 26.9 Å². The fraction of sp³-hybridized carbons (Fsp3) is 0.0526. The summed E-state index contributed by atoms with van der Waals surface area (Å²) in [6, 6.07) is 12.4. The zero-order chi connectivity index (χ0) is 22.0. The highest BCUT2D eigenvalue weighted by molar-refractivity contribution is 7.99. The molecular weight excluding hydrogens is 458 g/mol. The van der Waals surface area contributed by atoms with E-state index in [1.54, 1.807) is 35.8 Å². The summed E-state index contributed by atoms with van der Waals surface area (Å²) in [5.74, 6) is -0.293. The maximum Gasteiger partial charge on any atom is 0.266 e. The molecule has 2 aromatic carbocycles. The number of primary sulfonamides is 1. The summed E-state index contributed by atoms with van der Waals surface area (Å²) < 4.78 is 24.4. The molecule has 0 saturated heterocycles. The van der Waals surface area contributed by atoms with E-state index < -0.39 is 10.0 Å². The Labute approximate surface area is 185 Å². The van der Waals surface area contributed by atoms with Crippen LogP contribution in [0.5, 0.6) is 0 Å². The van der Waals surface area contributed by atoms with Crippen molar-refractivity contribution in [2.75, 3.05) is 11.1 Å². The van der Waals surface area contributed by atoms with Crippen LogP contribution in [0.4, 0.5) is 5.13 Å². The Bertz CT molecular complexity index is 1420. The summed E-state index contributed by atoms with van der Waals surface area (Å²) in [7, 11) is -3.87. The fourth-order valence-electron chi connectivity index (χ4n) is 2.79. The average Bonchev–Trinajstić information content (AvgIpc) is 3.25. The highest BCUT2D eigenvalue weighted by Crippen LogP contribution is 2.22. The summed E-state index contributed by atoms with van der Waals surface area (Å²) in [5.41, 5.74) is 0.558. The number of fused-ring (bicyclic) bond motifs is 1. The van der Waals surface area contributed by atoms with Gasteiger partial charge in [0, 0.05) is 11.6 Å². The number of aromatic nitrogens is 3. The third-order valence-corrected chi connectivity index (χ3v) is 6.74. The van der Waals surface area contributed by atoms with Crippen molar-refractivity contribution in [3.05, 3.63) is 70.5 Å². The predicted molar refractivity (Wildman–Crippen MR) is 120 cm³/mol. The first-order chi connectivity index (χ1) is 14.8. The molecule has 2 heterocycles. The number of thioether (sulfide) groups is 1. The molecule has 0 aliphatic carbocycles. The molecule has 1 amide bonds. The Morgan fingerprint density at radius 1 is 1.16 bits per heavy atom. The molecule has 0 fully saturated rings. The molecule has 2 aromatic heterocycles. The number of nitrogens with one attached hydrogen (secondary N) is 1. The molecule has 0 saturated carbocycles. The molecule has 0 spiro atoms. The topological polar surface area (TPSA) is 137 Å². The largest absolute Gasteiger partial charge is 0.301 e. The van der Waals surface area contributed by atoms with Gasteiger partial charge >= 0.3 is 0 Å². The monoisotopic (exact) mass is 473 g/mol. The first-order valence-corrected chi connectivity index (χ1v) is 12.2. The van der Waals surface area contributed by atoms with Gasteiger partial charge in [-0.25, -0.2) is 23.5 Å². The Morgan fingerprint density at radius 2 is 1.90 bits per heavy atom. The van der Waals surface area contributed by atoms with E-state index in [2.05, 4.69) is 15.3 Å². The van der Waals surface area contributed by atoms with Crippen LogP contribution in [-0.2, 0) is 14.8 Å². The fourth-order valence-corrected chi connectivity index (χ4v) is 4.67. The smallest absolute Gasteiger partial charge is 0.266 e. The van der Waals surface area contributed by atoms with Gasteiger partial charge in [0.2, 0.25) is 15.9 Å². The maximum atomic E-state index is 13.2. The summed E-state index contributed by atoms with van der Waals surface area (Å²) >= 11 is 2.38. The minimum atomic E-state index is -3.87. The number of nitrogens with zero attached hydrogens (tertiary/aromatic N) is 3. The lowest BCUT2D eigenvalue weighted by Gasteiger charge is -2.13. The summed E-state index contributed by atoms with van der Waals surface area (Å²) in [5, 5.41) is 10.8. The molecule has 3 N–H and O–H groups in total. The zero-order valence-electron chi connectivity index (χ0n) is 15.8. The second-order valence-corrected chi connectivity index (χ2v) is 9.66. The maximum absolute atomic E-state index is 13.2. The minimum absolute atomic E-state index is 0.000374. The molecule has 0 unspecified atom stereocenters. The SMILES string of the molecule is NS(=O)(=O)c1ccc(-n2c(SCC(=O)Nc3nccs3)nc3ccccc3c2=O)cc1. The Hall–Kier alpha value is -3.06. The molecule has 4 aromatic rings. The van der Waals surface area contributed by atoms with Gasteiger partial charge in [0.05, 0.1) is 27.2 Å². The number of carbonyl (C=O) groups is 1. The second kappa shape index (κ2) is 8.59. The van der Waals surface area contributed by atoms with Gasteiger partial charge in [-0.2, -0.15) is 0 Å². The van der Waals surface area contributed by atoms with Gasteiger partial charge in [0.15, 0.2) is 10.3 Å². The third-order valence-electron chi connectivity index (χ3n) is 4.18. The van der Waals surface area contributed by atoms with Gasteiger partial charge in [-0.3, -0.25) is 14.2 Å². The van der Waals surface area contributed by atoms with Crippen molar-refractivity contribution in [3.8, 4) is 5.69 Å². The van der Waals surface area contributed by atoms with E-state index in [0.717, 1.165) is 11.8 Å². The van der Waals surface area contributed by atoms with Gasteiger partial charge in [0.1, 0.15) is 0 Å². The van der Waals surface area contributed by atoms with Crippen molar-refractivity contribution in [1.82, 2.24) is 14.5 Å². The predicted octanol–water partition coefficient (Wildman–Crippen LogP) is 2.22. The van der Waals surface area contributed by atoms with Crippen LogP contribution in [0.1, 0.15) is 0 Å². The van der Waals surface area contributed by atoms with Crippen LogP contribution in [-0.4, -0.2) is 34.6 Å². The third kappa shape index (κ3) is 4.66. The van der Waals surface area contributed by atoms with E-state index in [4.69, 9.17) is 5.14 Å². The number of thiazole rings is 1. The second-order valence-electron chi connectivity index (χ2n) is 6.27. The molecule has 0 bridgehead atoms. The summed E-state index contributed by atoms with van der Waals surface area (Å²) in [6.45, 7) is 0. The van der Waals surface area contributed by atoms with Crippen molar-refractivity contribution < 1.29 is 13.2 Å². The van der Waals surface area contributed by atoms with E-state index in [-0.39, 0.29) is 22.1 Å². The number of benzene rings is 2. The van der Waals surface area contributed by atoms with Crippen molar-refractivity contribution in [2.45, 2.75) is 10.1 Å². The normalized spacial score (nSPS) is 11.5. The highest BCUT2D eigenvalue weighted by Gasteiger charge is 2.16. The quantitative estimate of drug-likeness (QED) is 0.323. The molecule has 0 aliphatic heterocycles. The lowest BCUT2D eigenvalue weighted by molar-refractivity contribution is -0.113. The average molecular weight is 474 g/mol. The number of anilines is 1. The number of carbonyl (C=O) groups excluding carboxylic acids is 1. The van der Waals surface area contributed by atoms with Crippen molar-refractivity contribution >= 4 is 55.1 Å². The molecule has 0 radical (unpaired) electrons. The standard InChI is InChI=1S/C19H15N5O4S3/c20-31(27,28)13-7-5-12(6-8-13)24-17(26)14-3-1-2-4-15(14)22-19(24)30-11-16(25)23-18-21-9-10-29-18/h1-10H,11H2,(H2,20,27,28)(H,21,23,25). The van der Waals surface area contributed by atoms with Crippen molar-refractivity contribution in [2.24, 2.45) is 5.14 Å². The van der Waals surface area contributed by atoms with E-state index in [9.17, 15) is 18.0 Å². The van der Waals surface area contributed by atoms with Crippen LogP contribution in [0.15, 0.2) is 75.0 Å². The number of sulfonamides is 1. The van der Waals surface area contributed by atoms with Crippen molar-refractivity contribution in [1.29, 1.82) is 0 Å². The molecule has 31 heavy (non-hydrogen) atoms. The van der Waals surface area contributed by atoms with Gasteiger partial charge in [-0.05, 0) is 36.4 Å². The number of nitrogens with two attached hydrogens (primary N) is 1. The summed E-state index contributed by atoms with van der Waals surface area (Å²) in [6.07, 6.45) is 1.58. The van der Waals surface area contributed by atoms with Crippen LogP contribution in [0, 0.1) is 0 Å². The van der Waals surface area contributed by atoms with Crippen LogP contribution >= 0.6 is 23.1 Å². The number of rotatable bonds is 6. The van der Waals surface area contributed by atoms with Gasteiger partial charge in [-0.1, -0.05) is 23.9 Å².